The highest BCUT2D eigenvalue weighted by molar-refractivity contribution is 5.20. The molecule has 2 heteroatoms. The van der Waals surface area contributed by atoms with E-state index in [4.69, 9.17) is 4.74 Å². The van der Waals surface area contributed by atoms with Crippen molar-refractivity contribution in [2.24, 2.45) is 5.92 Å². The fraction of sp³-hybridized carbons (Fsp3) is 0.632. The van der Waals surface area contributed by atoms with Gasteiger partial charge in [-0.25, -0.2) is 0 Å². The summed E-state index contributed by atoms with van der Waals surface area (Å²) in [6, 6.07) is 13.1. The molecule has 2 nitrogen and oxygen atoms in total. The lowest BCUT2D eigenvalue weighted by atomic mass is 9.77. The number of rotatable bonds is 7. The monoisotopic (exact) mass is 285 g/mol. The fourth-order valence-electron chi connectivity index (χ4n) is 3.25. The van der Waals surface area contributed by atoms with Crippen LogP contribution in [0.15, 0.2) is 30.3 Å². The van der Waals surface area contributed by atoms with Crippen LogP contribution >= 0.6 is 0 Å². The van der Waals surface area contributed by atoms with Gasteiger partial charge >= 0.3 is 0 Å². The summed E-state index contributed by atoms with van der Waals surface area (Å²) in [5.74, 6) is 0.632. The van der Waals surface area contributed by atoms with Crippen LogP contribution in [0.3, 0.4) is 0 Å². The average Bonchev–Trinajstić information content (AvgIpc) is 2.55. The first kappa shape index (κ1) is 16.0. The van der Waals surface area contributed by atoms with Gasteiger partial charge in [0.25, 0.3) is 0 Å². The summed E-state index contributed by atoms with van der Waals surface area (Å²) in [5, 5.41) is 9.33. The standard InChI is InChI=1S/C19H27NO/c1-2-3-4-8-13-21-19-14-17(11-12-18(19)15-20)16-9-6-5-7-10-16/h5-7,9-10,17-19H,2-4,8,11-14H2,1H3. The topological polar surface area (TPSA) is 33.0 Å². The number of ether oxygens (including phenoxy) is 1. The molecule has 21 heavy (non-hydrogen) atoms. The minimum absolute atomic E-state index is 0.0798. The van der Waals surface area contributed by atoms with Crippen LogP contribution in [0.5, 0.6) is 0 Å². The Balaban J connectivity index is 1.86. The lowest BCUT2D eigenvalue weighted by Gasteiger charge is -2.33. The second kappa shape index (κ2) is 8.85. The van der Waals surface area contributed by atoms with Gasteiger partial charge in [-0.15, -0.1) is 0 Å². The SMILES string of the molecule is CCCCCCOC1CC(c2ccccc2)CCC1C#N. The second-order valence-corrected chi connectivity index (χ2v) is 6.13. The van der Waals surface area contributed by atoms with Crippen molar-refractivity contribution >= 4 is 0 Å². The van der Waals surface area contributed by atoms with Gasteiger partial charge in [0.2, 0.25) is 0 Å². The van der Waals surface area contributed by atoms with Gasteiger partial charge in [-0.3, -0.25) is 0 Å². The van der Waals surface area contributed by atoms with Crippen molar-refractivity contribution in [2.45, 2.75) is 63.9 Å². The van der Waals surface area contributed by atoms with Crippen molar-refractivity contribution in [1.82, 2.24) is 0 Å². The summed E-state index contributed by atoms with van der Waals surface area (Å²) in [6.45, 7) is 3.03. The molecule has 0 heterocycles. The Morgan fingerprint density at radius 3 is 2.67 bits per heavy atom. The van der Waals surface area contributed by atoms with Crippen LogP contribution in [-0.2, 0) is 4.74 Å². The molecule has 0 amide bonds. The zero-order valence-corrected chi connectivity index (χ0v) is 13.1. The molecule has 2 rings (SSSR count). The largest absolute Gasteiger partial charge is 0.377 e. The molecule has 0 N–H and O–H groups in total. The van der Waals surface area contributed by atoms with Gasteiger partial charge in [-0.2, -0.15) is 5.26 Å². The first-order valence-corrected chi connectivity index (χ1v) is 8.41. The highest BCUT2D eigenvalue weighted by atomic mass is 16.5. The first-order chi connectivity index (χ1) is 10.3. The van der Waals surface area contributed by atoms with E-state index < -0.39 is 0 Å². The highest BCUT2D eigenvalue weighted by Gasteiger charge is 2.31. The van der Waals surface area contributed by atoms with Crippen molar-refractivity contribution in [2.75, 3.05) is 6.61 Å². The van der Waals surface area contributed by atoms with E-state index >= 15 is 0 Å². The average molecular weight is 285 g/mol. The molecule has 0 aliphatic heterocycles. The van der Waals surface area contributed by atoms with Crippen molar-refractivity contribution < 1.29 is 4.74 Å². The maximum atomic E-state index is 9.33. The molecule has 114 valence electrons. The highest BCUT2D eigenvalue weighted by Crippen LogP contribution is 2.37. The molecule has 1 aromatic carbocycles. The van der Waals surface area contributed by atoms with Gasteiger partial charge in [-0.1, -0.05) is 56.5 Å². The van der Waals surface area contributed by atoms with Gasteiger partial charge < -0.3 is 4.74 Å². The van der Waals surface area contributed by atoms with Crippen LogP contribution in [0.2, 0.25) is 0 Å². The van der Waals surface area contributed by atoms with Crippen molar-refractivity contribution in [3.05, 3.63) is 35.9 Å². The molecular formula is C19H27NO. The van der Waals surface area contributed by atoms with Crippen LogP contribution in [-0.4, -0.2) is 12.7 Å². The molecule has 1 aliphatic carbocycles. The molecule has 1 aromatic rings. The normalized spacial score (nSPS) is 25.4. The van der Waals surface area contributed by atoms with Crippen LogP contribution in [0.4, 0.5) is 0 Å². The number of nitrogens with zero attached hydrogens (tertiary/aromatic N) is 1. The molecule has 0 bridgehead atoms. The number of unbranched alkanes of at least 4 members (excludes halogenated alkanes) is 3. The van der Waals surface area contributed by atoms with Crippen LogP contribution in [0.1, 0.15) is 63.4 Å². The van der Waals surface area contributed by atoms with Gasteiger partial charge in [0.1, 0.15) is 0 Å². The molecule has 1 aliphatic rings. The fourth-order valence-corrected chi connectivity index (χ4v) is 3.25. The Morgan fingerprint density at radius 1 is 1.14 bits per heavy atom. The van der Waals surface area contributed by atoms with Crippen LogP contribution in [0, 0.1) is 17.2 Å². The van der Waals surface area contributed by atoms with E-state index in [1.165, 1.54) is 24.8 Å². The molecule has 1 fully saturated rings. The predicted octanol–water partition coefficient (Wildman–Crippen LogP) is 5.06. The van der Waals surface area contributed by atoms with Crippen molar-refractivity contribution in [3.8, 4) is 6.07 Å². The maximum absolute atomic E-state index is 9.33. The summed E-state index contributed by atoms with van der Waals surface area (Å²) in [7, 11) is 0. The number of benzene rings is 1. The van der Waals surface area contributed by atoms with E-state index in [0.29, 0.717) is 5.92 Å². The van der Waals surface area contributed by atoms with E-state index in [1.807, 2.05) is 0 Å². The van der Waals surface area contributed by atoms with Crippen molar-refractivity contribution in [3.63, 3.8) is 0 Å². The molecule has 0 radical (unpaired) electrons. The lowest BCUT2D eigenvalue weighted by molar-refractivity contribution is -0.00148. The van der Waals surface area contributed by atoms with E-state index in [0.717, 1.165) is 32.3 Å². The third-order valence-electron chi connectivity index (χ3n) is 4.56. The Labute approximate surface area is 129 Å². The van der Waals surface area contributed by atoms with E-state index in [1.54, 1.807) is 0 Å². The second-order valence-electron chi connectivity index (χ2n) is 6.13. The zero-order chi connectivity index (χ0) is 14.9. The van der Waals surface area contributed by atoms with Gasteiger partial charge in [0.05, 0.1) is 18.1 Å². The molecule has 3 atom stereocenters. The van der Waals surface area contributed by atoms with Crippen LogP contribution < -0.4 is 0 Å². The summed E-state index contributed by atoms with van der Waals surface area (Å²) in [4.78, 5) is 0. The maximum Gasteiger partial charge on any atom is 0.0739 e. The minimum atomic E-state index is 0.0798. The quantitative estimate of drug-likeness (QED) is 0.656. The molecule has 3 unspecified atom stereocenters. The summed E-state index contributed by atoms with van der Waals surface area (Å²) >= 11 is 0. The Hall–Kier alpha value is -1.33. The van der Waals surface area contributed by atoms with E-state index in [9.17, 15) is 5.26 Å². The number of hydrogen-bond acceptors (Lipinski definition) is 2. The minimum Gasteiger partial charge on any atom is -0.377 e. The van der Waals surface area contributed by atoms with Gasteiger partial charge in [0, 0.05) is 6.61 Å². The van der Waals surface area contributed by atoms with E-state index in [-0.39, 0.29) is 12.0 Å². The molecule has 0 saturated heterocycles. The Kier molecular flexibility index (Phi) is 6.76. The molecule has 0 spiro atoms. The lowest BCUT2D eigenvalue weighted by Crippen LogP contribution is -2.30. The van der Waals surface area contributed by atoms with Gasteiger partial charge in [0.15, 0.2) is 0 Å². The van der Waals surface area contributed by atoms with Crippen LogP contribution in [0.25, 0.3) is 0 Å². The molecule has 1 saturated carbocycles. The Bertz CT molecular complexity index is 437. The number of hydrogen-bond donors (Lipinski definition) is 0. The van der Waals surface area contributed by atoms with Gasteiger partial charge in [-0.05, 0) is 37.2 Å². The molecular weight excluding hydrogens is 258 g/mol. The first-order valence-electron chi connectivity index (χ1n) is 8.41. The smallest absolute Gasteiger partial charge is 0.0739 e. The summed E-state index contributed by atoms with van der Waals surface area (Å²) < 4.78 is 6.06. The van der Waals surface area contributed by atoms with Crippen molar-refractivity contribution in [1.29, 1.82) is 5.26 Å². The Morgan fingerprint density at radius 2 is 1.95 bits per heavy atom. The predicted molar refractivity (Wildman–Crippen MR) is 86.0 cm³/mol. The van der Waals surface area contributed by atoms with E-state index in [2.05, 4.69) is 43.3 Å². The summed E-state index contributed by atoms with van der Waals surface area (Å²) in [5.41, 5.74) is 1.40. The zero-order valence-electron chi connectivity index (χ0n) is 13.1. The molecule has 0 aromatic heterocycles. The number of nitriles is 1. The third-order valence-corrected chi connectivity index (χ3v) is 4.56. The third kappa shape index (κ3) is 4.86. The summed E-state index contributed by atoms with van der Waals surface area (Å²) in [6.07, 6.45) is 8.09.